The summed E-state index contributed by atoms with van der Waals surface area (Å²) >= 11 is 0. The predicted molar refractivity (Wildman–Crippen MR) is 182 cm³/mol. The van der Waals surface area contributed by atoms with Crippen LogP contribution in [0, 0.1) is 0 Å². The number of imidazole rings is 1. The van der Waals surface area contributed by atoms with E-state index in [0.29, 0.717) is 29.0 Å². The molecule has 242 valence electrons. The number of aromatic nitrogens is 3. The van der Waals surface area contributed by atoms with Crippen LogP contribution in [0.15, 0.2) is 60.8 Å². The van der Waals surface area contributed by atoms with Gasteiger partial charge >= 0.3 is 0 Å². The molecule has 2 aromatic carbocycles. The van der Waals surface area contributed by atoms with Gasteiger partial charge in [0.1, 0.15) is 5.75 Å². The third kappa shape index (κ3) is 6.34. The van der Waals surface area contributed by atoms with Gasteiger partial charge in [0.2, 0.25) is 5.95 Å². The molecule has 3 aliphatic rings. The highest BCUT2D eigenvalue weighted by atomic mass is 16.5. The first kappa shape index (κ1) is 30.7. The maximum atomic E-state index is 13.7. The number of hydrogen-bond donors (Lipinski definition) is 2. The number of piperidine rings is 1. The molecule has 2 aliphatic heterocycles. The lowest BCUT2D eigenvalue weighted by molar-refractivity contribution is 0.0982. The number of ether oxygens (including phenoxy) is 1. The number of carbonyl (C=O) groups excluding carboxylic acids is 1. The van der Waals surface area contributed by atoms with Crippen LogP contribution in [0.1, 0.15) is 54.9 Å². The summed E-state index contributed by atoms with van der Waals surface area (Å²) in [6, 6.07) is 18.5. The Morgan fingerprint density at radius 1 is 0.891 bits per heavy atom. The van der Waals surface area contributed by atoms with Gasteiger partial charge in [0.15, 0.2) is 0 Å². The highest BCUT2D eigenvalue weighted by molar-refractivity contribution is 6.04. The number of nitrogens with one attached hydrogen (secondary N) is 1. The van der Waals surface area contributed by atoms with E-state index in [1.54, 1.807) is 25.4 Å². The zero-order valence-electron chi connectivity index (χ0n) is 26.9. The van der Waals surface area contributed by atoms with Gasteiger partial charge in [-0.05, 0) is 88.0 Å². The Bertz CT molecular complexity index is 1670. The van der Waals surface area contributed by atoms with Crippen molar-refractivity contribution in [3.63, 3.8) is 0 Å². The number of benzene rings is 2. The molecule has 1 saturated carbocycles. The number of piperazine rings is 1. The van der Waals surface area contributed by atoms with Crippen molar-refractivity contribution in [2.45, 2.75) is 56.7 Å². The summed E-state index contributed by atoms with van der Waals surface area (Å²) < 4.78 is 7.74. The minimum absolute atomic E-state index is 0.142. The van der Waals surface area contributed by atoms with Crippen molar-refractivity contribution in [1.29, 1.82) is 0 Å². The molecule has 10 heteroatoms. The molecule has 2 N–H and O–H groups in total. The average Bonchev–Trinajstić information content (AvgIpc) is 3.46. The van der Waals surface area contributed by atoms with Gasteiger partial charge in [-0.15, -0.1) is 0 Å². The van der Waals surface area contributed by atoms with Crippen LogP contribution < -0.4 is 15.0 Å². The second-order valence-electron chi connectivity index (χ2n) is 13.1. The van der Waals surface area contributed by atoms with Crippen molar-refractivity contribution < 1.29 is 14.6 Å². The Hall–Kier alpha value is -3.99. The molecule has 0 radical (unpaired) electrons. The second kappa shape index (κ2) is 13.4. The molecular formula is C36H45N7O3. The smallest absolute Gasteiger partial charge is 0.258 e. The number of anilines is 2. The number of aliphatic hydroxyl groups is 1. The highest BCUT2D eigenvalue weighted by Gasteiger charge is 2.29. The van der Waals surface area contributed by atoms with Crippen molar-refractivity contribution >= 4 is 28.6 Å². The van der Waals surface area contributed by atoms with Crippen LogP contribution in [0.25, 0.3) is 22.3 Å². The van der Waals surface area contributed by atoms with Crippen molar-refractivity contribution in [3.8, 4) is 17.0 Å². The number of nitrogens with zero attached hydrogens (tertiary/aromatic N) is 6. The minimum atomic E-state index is -0.272. The van der Waals surface area contributed by atoms with E-state index >= 15 is 0 Å². The van der Waals surface area contributed by atoms with Gasteiger partial charge in [-0.2, -0.15) is 0 Å². The molecule has 3 fully saturated rings. The Kier molecular flexibility index (Phi) is 8.93. The number of fused-ring (bicyclic) bond motifs is 1. The van der Waals surface area contributed by atoms with E-state index in [0.717, 1.165) is 81.5 Å². The van der Waals surface area contributed by atoms with Gasteiger partial charge in [0, 0.05) is 74.4 Å². The number of rotatable bonds is 7. The largest absolute Gasteiger partial charge is 0.496 e. The Morgan fingerprint density at radius 3 is 2.41 bits per heavy atom. The molecule has 1 aliphatic carbocycles. The first-order valence-electron chi connectivity index (χ1n) is 16.7. The first-order chi connectivity index (χ1) is 22.5. The number of methoxy groups -OCH3 is 1. The number of para-hydroxylation sites is 1. The summed E-state index contributed by atoms with van der Waals surface area (Å²) in [4.78, 5) is 30.8. The number of carbonyl (C=O) groups is 1. The highest BCUT2D eigenvalue weighted by Crippen LogP contribution is 2.37. The van der Waals surface area contributed by atoms with Crippen molar-refractivity contribution in [1.82, 2.24) is 24.3 Å². The summed E-state index contributed by atoms with van der Waals surface area (Å²) in [6.45, 7) is 6.71. The third-order valence-corrected chi connectivity index (χ3v) is 10.2. The Morgan fingerprint density at radius 2 is 1.65 bits per heavy atom. The Balaban J connectivity index is 1.14. The van der Waals surface area contributed by atoms with E-state index in [2.05, 4.69) is 54.8 Å². The van der Waals surface area contributed by atoms with Crippen LogP contribution in [0.5, 0.6) is 5.75 Å². The molecule has 0 unspecified atom stereocenters. The summed E-state index contributed by atoms with van der Waals surface area (Å²) in [7, 11) is 3.85. The van der Waals surface area contributed by atoms with E-state index in [-0.39, 0.29) is 18.1 Å². The third-order valence-electron chi connectivity index (χ3n) is 10.2. The standard InChI is InChI=1S/C36H45N7O3/c1-40-19-21-42(22-20-40)26-14-17-41(18-15-26)28-9-12-31-33(24-28)43(27-7-10-29(44)11-8-27)36(38-31)39-35(45)25-13-16-37-32(23-25)30-5-3-4-6-34(30)46-2/h3-6,9,12-13,16,23-24,26-27,29,44H,7-8,10-11,14-15,17-22H2,1-2H3,(H,38,39,45). The van der Waals surface area contributed by atoms with Crippen LogP contribution in [0.3, 0.4) is 0 Å². The van der Waals surface area contributed by atoms with E-state index < -0.39 is 0 Å². The zero-order valence-corrected chi connectivity index (χ0v) is 26.9. The predicted octanol–water partition coefficient (Wildman–Crippen LogP) is 5.05. The molecule has 4 aromatic rings. The molecule has 7 rings (SSSR count). The molecule has 0 atom stereocenters. The molecular weight excluding hydrogens is 578 g/mol. The molecule has 2 aromatic heterocycles. The molecule has 0 spiro atoms. The fraction of sp³-hybridized carbons (Fsp3) is 0.472. The lowest BCUT2D eigenvalue weighted by atomic mass is 9.93. The van der Waals surface area contributed by atoms with Crippen molar-refractivity contribution in [3.05, 3.63) is 66.4 Å². The van der Waals surface area contributed by atoms with Gasteiger partial charge in [0.25, 0.3) is 5.91 Å². The Labute approximate surface area is 271 Å². The summed E-state index contributed by atoms with van der Waals surface area (Å²) in [6.07, 6.45) is 6.88. The van der Waals surface area contributed by atoms with Crippen molar-refractivity contribution in [2.24, 2.45) is 0 Å². The van der Waals surface area contributed by atoms with Gasteiger partial charge in [-0.1, -0.05) is 12.1 Å². The fourth-order valence-electron chi connectivity index (χ4n) is 7.48. The van der Waals surface area contributed by atoms with E-state index in [4.69, 9.17) is 9.72 Å². The minimum Gasteiger partial charge on any atom is -0.496 e. The molecule has 2 saturated heterocycles. The number of likely N-dealkylation sites (N-methyl/N-ethyl adjacent to an activating group) is 1. The van der Waals surface area contributed by atoms with E-state index in [1.165, 1.54) is 18.5 Å². The van der Waals surface area contributed by atoms with Crippen LogP contribution >= 0.6 is 0 Å². The SMILES string of the molecule is COc1ccccc1-c1cc(C(=O)Nc2nc3ccc(N4CCC(N5CCN(C)CC5)CC4)cc3n2C2CCC(O)CC2)ccn1. The second-order valence-corrected chi connectivity index (χ2v) is 13.1. The van der Waals surface area contributed by atoms with Gasteiger partial charge < -0.3 is 24.2 Å². The monoisotopic (exact) mass is 623 g/mol. The molecule has 4 heterocycles. The fourth-order valence-corrected chi connectivity index (χ4v) is 7.48. The summed E-state index contributed by atoms with van der Waals surface area (Å²) in [5.74, 6) is 1.01. The lowest BCUT2D eigenvalue weighted by Gasteiger charge is -2.42. The molecule has 10 nitrogen and oxygen atoms in total. The maximum Gasteiger partial charge on any atom is 0.258 e. The number of hydrogen-bond acceptors (Lipinski definition) is 8. The number of pyridine rings is 1. The normalized spacial score (nSPS) is 21.8. The van der Waals surface area contributed by atoms with Gasteiger partial charge in [-0.25, -0.2) is 4.98 Å². The van der Waals surface area contributed by atoms with E-state index in [1.807, 2.05) is 24.3 Å². The number of amides is 1. The van der Waals surface area contributed by atoms with Gasteiger partial charge in [0.05, 0.1) is 29.9 Å². The topological polar surface area (TPSA) is 99.0 Å². The quantitative estimate of drug-likeness (QED) is 0.295. The van der Waals surface area contributed by atoms with E-state index in [9.17, 15) is 9.90 Å². The first-order valence-corrected chi connectivity index (χ1v) is 16.7. The van der Waals surface area contributed by atoms with Crippen molar-refractivity contribution in [2.75, 3.05) is 63.6 Å². The van der Waals surface area contributed by atoms with Gasteiger partial charge in [-0.3, -0.25) is 20.0 Å². The molecule has 46 heavy (non-hydrogen) atoms. The molecule has 0 bridgehead atoms. The molecule has 1 amide bonds. The summed E-state index contributed by atoms with van der Waals surface area (Å²) in [5, 5.41) is 13.4. The van der Waals surface area contributed by atoms with Crippen LogP contribution in [0.2, 0.25) is 0 Å². The zero-order chi connectivity index (χ0) is 31.6. The van der Waals surface area contributed by atoms with Crippen LogP contribution in [-0.4, -0.2) is 101 Å². The number of aliphatic hydroxyl groups excluding tert-OH is 1. The maximum absolute atomic E-state index is 13.7. The lowest BCUT2D eigenvalue weighted by Crippen LogP contribution is -2.52. The van der Waals surface area contributed by atoms with Crippen LogP contribution in [0.4, 0.5) is 11.6 Å². The summed E-state index contributed by atoms with van der Waals surface area (Å²) in [5.41, 5.74) is 5.09. The van der Waals surface area contributed by atoms with Crippen LogP contribution in [-0.2, 0) is 0 Å². The average molecular weight is 624 g/mol.